The topological polar surface area (TPSA) is 104 Å². The van der Waals surface area contributed by atoms with Gasteiger partial charge in [-0.3, -0.25) is 0 Å². The minimum atomic E-state index is -4.78. The summed E-state index contributed by atoms with van der Waals surface area (Å²) in [6.45, 7) is 1.74. The van der Waals surface area contributed by atoms with Crippen molar-refractivity contribution in [2.45, 2.75) is 18.1 Å². The van der Waals surface area contributed by atoms with Gasteiger partial charge in [-0.05, 0) is 30.7 Å². The van der Waals surface area contributed by atoms with Crippen LogP contribution < -0.4 is 5.14 Å². The monoisotopic (exact) mass is 417 g/mol. The highest BCUT2D eigenvalue weighted by Gasteiger charge is 2.37. The number of alkyl halides is 3. The fraction of sp³-hybridized carbons (Fsp3) is 0.133. The van der Waals surface area contributed by atoms with Gasteiger partial charge in [0.2, 0.25) is 0 Å². The van der Waals surface area contributed by atoms with Gasteiger partial charge >= 0.3 is 6.18 Å². The number of sulfonamides is 1. The van der Waals surface area contributed by atoms with Crippen molar-refractivity contribution < 1.29 is 21.6 Å². The SMILES string of the molecule is Cc1ccc(-c2nc(C(F)(F)F)nn2-c2ccc(S(N)(=O)=O)nc2)cc1Cl. The average Bonchev–Trinajstić information content (AvgIpc) is 3.02. The molecule has 0 aliphatic carbocycles. The Morgan fingerprint density at radius 2 is 1.89 bits per heavy atom. The van der Waals surface area contributed by atoms with E-state index in [9.17, 15) is 21.6 Å². The standard InChI is InChI=1S/C15H11ClF3N5O2S/c1-8-2-3-9(6-11(8)16)13-22-14(15(17,18)19)23-24(13)10-4-5-12(21-7-10)27(20,25)26/h2-7H,1H3,(H2,20,25,26). The third-order valence-corrected chi connectivity index (χ3v) is 4.78. The Balaban J connectivity index is 2.19. The molecule has 0 atom stereocenters. The van der Waals surface area contributed by atoms with E-state index in [0.29, 0.717) is 10.6 Å². The summed E-state index contributed by atoms with van der Waals surface area (Å²) in [5, 5.41) is 8.38. The lowest BCUT2D eigenvalue weighted by Crippen LogP contribution is -2.14. The number of pyridine rings is 1. The molecule has 142 valence electrons. The molecule has 0 bridgehead atoms. The lowest BCUT2D eigenvalue weighted by molar-refractivity contribution is -0.144. The van der Waals surface area contributed by atoms with Gasteiger partial charge in [0.15, 0.2) is 10.9 Å². The Morgan fingerprint density at radius 1 is 1.19 bits per heavy atom. The maximum atomic E-state index is 13.1. The van der Waals surface area contributed by atoms with Gasteiger partial charge in [0.25, 0.3) is 15.8 Å². The Kier molecular flexibility index (Phi) is 4.70. The molecule has 7 nitrogen and oxygen atoms in total. The van der Waals surface area contributed by atoms with Crippen LogP contribution in [0, 0.1) is 6.92 Å². The number of hydrogen-bond donors (Lipinski definition) is 1. The van der Waals surface area contributed by atoms with Crippen LogP contribution in [0.4, 0.5) is 13.2 Å². The molecular formula is C15H11ClF3N5O2S. The molecule has 0 saturated carbocycles. The lowest BCUT2D eigenvalue weighted by Gasteiger charge is -2.07. The quantitative estimate of drug-likeness (QED) is 0.705. The van der Waals surface area contributed by atoms with Crippen LogP contribution in [-0.2, 0) is 16.2 Å². The van der Waals surface area contributed by atoms with Gasteiger partial charge in [-0.15, -0.1) is 5.10 Å². The van der Waals surface area contributed by atoms with E-state index >= 15 is 0 Å². The summed E-state index contributed by atoms with van der Waals surface area (Å²) in [5.41, 5.74) is 1.10. The van der Waals surface area contributed by atoms with Crippen LogP contribution in [0.1, 0.15) is 11.4 Å². The molecule has 2 heterocycles. The number of rotatable bonds is 3. The summed E-state index contributed by atoms with van der Waals surface area (Å²) >= 11 is 6.06. The van der Waals surface area contributed by atoms with Crippen molar-refractivity contribution in [1.29, 1.82) is 0 Å². The van der Waals surface area contributed by atoms with E-state index in [-0.39, 0.29) is 11.5 Å². The third-order valence-electron chi connectivity index (χ3n) is 3.55. The number of aryl methyl sites for hydroxylation is 1. The van der Waals surface area contributed by atoms with Crippen LogP contribution in [0.3, 0.4) is 0 Å². The van der Waals surface area contributed by atoms with E-state index in [2.05, 4.69) is 15.1 Å². The summed E-state index contributed by atoms with van der Waals surface area (Å²) in [4.78, 5) is 7.22. The normalized spacial score (nSPS) is 12.4. The lowest BCUT2D eigenvalue weighted by atomic mass is 10.1. The average molecular weight is 418 g/mol. The van der Waals surface area contributed by atoms with Crippen molar-refractivity contribution in [3.8, 4) is 17.1 Å². The fourth-order valence-corrected chi connectivity index (χ4v) is 2.83. The molecule has 2 N–H and O–H groups in total. The number of aromatic nitrogens is 4. The summed E-state index contributed by atoms with van der Waals surface area (Å²) in [6, 6.07) is 6.93. The second-order valence-electron chi connectivity index (χ2n) is 5.53. The van der Waals surface area contributed by atoms with Crippen LogP contribution in [-0.4, -0.2) is 28.2 Å². The zero-order valence-corrected chi connectivity index (χ0v) is 15.1. The predicted octanol–water partition coefficient (Wildman–Crippen LogP) is 2.96. The number of halogens is 4. The molecule has 2 aromatic heterocycles. The molecule has 0 aliphatic heterocycles. The minimum Gasteiger partial charge on any atom is -0.241 e. The van der Waals surface area contributed by atoms with Gasteiger partial charge in [0.1, 0.15) is 0 Å². The van der Waals surface area contributed by atoms with Gasteiger partial charge in [-0.25, -0.2) is 28.2 Å². The van der Waals surface area contributed by atoms with Crippen LogP contribution in [0.5, 0.6) is 0 Å². The number of benzene rings is 1. The summed E-state index contributed by atoms with van der Waals surface area (Å²) < 4.78 is 62.8. The van der Waals surface area contributed by atoms with Crippen molar-refractivity contribution in [2.24, 2.45) is 5.14 Å². The summed E-state index contributed by atoms with van der Waals surface area (Å²) in [6.07, 6.45) is -3.74. The van der Waals surface area contributed by atoms with E-state index in [4.69, 9.17) is 16.7 Å². The van der Waals surface area contributed by atoms with Gasteiger partial charge in [0.05, 0.1) is 11.9 Å². The second-order valence-corrected chi connectivity index (χ2v) is 7.45. The molecule has 3 rings (SSSR count). The molecule has 1 aromatic carbocycles. The smallest absolute Gasteiger partial charge is 0.241 e. The highest BCUT2D eigenvalue weighted by molar-refractivity contribution is 7.89. The molecule has 0 spiro atoms. The zero-order chi connectivity index (χ0) is 20.0. The largest absolute Gasteiger partial charge is 0.453 e. The van der Waals surface area contributed by atoms with Crippen molar-refractivity contribution in [1.82, 2.24) is 19.7 Å². The molecule has 0 radical (unpaired) electrons. The number of hydrogen-bond acceptors (Lipinski definition) is 5. The van der Waals surface area contributed by atoms with E-state index in [0.717, 1.165) is 22.5 Å². The van der Waals surface area contributed by atoms with E-state index < -0.39 is 27.0 Å². The van der Waals surface area contributed by atoms with E-state index in [1.54, 1.807) is 19.1 Å². The Labute approximate surface area is 156 Å². The van der Waals surface area contributed by atoms with Crippen molar-refractivity contribution in [3.05, 3.63) is 52.9 Å². The summed E-state index contributed by atoms with van der Waals surface area (Å²) in [7, 11) is -4.05. The van der Waals surface area contributed by atoms with Crippen molar-refractivity contribution >= 4 is 21.6 Å². The van der Waals surface area contributed by atoms with Gasteiger partial charge < -0.3 is 0 Å². The molecule has 0 aliphatic rings. The Morgan fingerprint density at radius 3 is 2.41 bits per heavy atom. The number of nitrogens with two attached hydrogens (primary N) is 1. The van der Waals surface area contributed by atoms with Crippen LogP contribution in [0.25, 0.3) is 17.1 Å². The second kappa shape index (κ2) is 6.59. The van der Waals surface area contributed by atoms with Gasteiger partial charge in [-0.2, -0.15) is 13.2 Å². The third kappa shape index (κ3) is 3.94. The van der Waals surface area contributed by atoms with E-state index in [1.807, 2.05) is 0 Å². The van der Waals surface area contributed by atoms with Crippen LogP contribution >= 0.6 is 11.6 Å². The fourth-order valence-electron chi connectivity index (χ4n) is 2.20. The molecule has 0 saturated heterocycles. The maximum absolute atomic E-state index is 13.1. The molecule has 12 heteroatoms. The summed E-state index contributed by atoms with van der Waals surface area (Å²) in [5.74, 6) is -1.49. The van der Waals surface area contributed by atoms with Crippen LogP contribution in [0.2, 0.25) is 5.02 Å². The van der Waals surface area contributed by atoms with Gasteiger partial charge in [-0.1, -0.05) is 23.7 Å². The first-order valence-electron chi connectivity index (χ1n) is 7.27. The predicted molar refractivity (Wildman–Crippen MR) is 90.7 cm³/mol. The zero-order valence-electron chi connectivity index (χ0n) is 13.6. The first-order valence-corrected chi connectivity index (χ1v) is 9.19. The molecule has 0 amide bonds. The highest BCUT2D eigenvalue weighted by atomic mass is 35.5. The van der Waals surface area contributed by atoms with Crippen molar-refractivity contribution in [2.75, 3.05) is 0 Å². The maximum Gasteiger partial charge on any atom is 0.453 e. The van der Waals surface area contributed by atoms with E-state index in [1.165, 1.54) is 12.1 Å². The first-order chi connectivity index (χ1) is 12.5. The van der Waals surface area contributed by atoms with Gasteiger partial charge in [0, 0.05) is 10.6 Å². The first kappa shape index (κ1) is 19.3. The van der Waals surface area contributed by atoms with Crippen LogP contribution in [0.15, 0.2) is 41.6 Å². The minimum absolute atomic E-state index is 0.0668. The Hall–Kier alpha value is -2.50. The number of nitrogens with zero attached hydrogens (tertiary/aromatic N) is 4. The number of primary sulfonamides is 1. The molecule has 0 unspecified atom stereocenters. The Bertz CT molecular complexity index is 1110. The molecular weight excluding hydrogens is 407 g/mol. The molecule has 27 heavy (non-hydrogen) atoms. The highest BCUT2D eigenvalue weighted by Crippen LogP contribution is 2.31. The molecule has 3 aromatic rings. The van der Waals surface area contributed by atoms with Crippen molar-refractivity contribution in [3.63, 3.8) is 0 Å². The molecule has 0 fully saturated rings.